The van der Waals surface area contributed by atoms with Gasteiger partial charge in [-0.2, -0.15) is 4.98 Å². The molecule has 0 unspecified atom stereocenters. The van der Waals surface area contributed by atoms with Gasteiger partial charge >= 0.3 is 0 Å². The number of nitrogens with one attached hydrogen (secondary N) is 2. The molecule has 0 aliphatic carbocycles. The summed E-state index contributed by atoms with van der Waals surface area (Å²) in [6.45, 7) is 4.52. The number of para-hydroxylation sites is 1. The first-order valence-corrected chi connectivity index (χ1v) is 9.83. The van der Waals surface area contributed by atoms with Crippen molar-refractivity contribution in [2.75, 3.05) is 37.0 Å². The zero-order valence-corrected chi connectivity index (χ0v) is 16.4. The molecule has 0 aliphatic rings. The highest BCUT2D eigenvalue weighted by molar-refractivity contribution is 6.09. The van der Waals surface area contributed by atoms with E-state index in [0.717, 1.165) is 18.1 Å². The first kappa shape index (κ1) is 19.2. The number of ether oxygens (including phenoxy) is 1. The van der Waals surface area contributed by atoms with Gasteiger partial charge in [0.2, 0.25) is 5.95 Å². The SMILES string of the molecule is CCn1c2ccccc2c2cc(Nc3ccnc(NCCOCCO)n3)ccc21. The summed E-state index contributed by atoms with van der Waals surface area (Å²) in [6, 6.07) is 16.7. The van der Waals surface area contributed by atoms with E-state index in [1.165, 1.54) is 21.8 Å². The summed E-state index contributed by atoms with van der Waals surface area (Å²) < 4.78 is 7.57. The number of fused-ring (bicyclic) bond motifs is 3. The van der Waals surface area contributed by atoms with Crippen LogP contribution in [0, 0.1) is 0 Å². The van der Waals surface area contributed by atoms with Gasteiger partial charge in [-0.1, -0.05) is 18.2 Å². The molecule has 2 heterocycles. The highest BCUT2D eigenvalue weighted by Crippen LogP contribution is 2.31. The largest absolute Gasteiger partial charge is 0.394 e. The highest BCUT2D eigenvalue weighted by Gasteiger charge is 2.10. The summed E-state index contributed by atoms with van der Waals surface area (Å²) in [7, 11) is 0. The Balaban J connectivity index is 1.54. The van der Waals surface area contributed by atoms with Crippen LogP contribution in [-0.4, -0.2) is 46.0 Å². The summed E-state index contributed by atoms with van der Waals surface area (Å²) in [5.74, 6) is 1.25. The van der Waals surface area contributed by atoms with Crippen molar-refractivity contribution >= 4 is 39.3 Å². The second-order valence-electron chi connectivity index (χ2n) is 6.65. The normalized spacial score (nSPS) is 11.2. The fourth-order valence-corrected chi connectivity index (χ4v) is 3.54. The number of rotatable bonds is 9. The zero-order valence-electron chi connectivity index (χ0n) is 16.4. The van der Waals surface area contributed by atoms with Gasteiger partial charge < -0.3 is 25.0 Å². The van der Waals surface area contributed by atoms with Crippen LogP contribution in [0.25, 0.3) is 21.8 Å². The lowest BCUT2D eigenvalue weighted by Crippen LogP contribution is -2.13. The van der Waals surface area contributed by atoms with Crippen molar-refractivity contribution in [2.24, 2.45) is 0 Å². The molecule has 2 aromatic carbocycles. The number of aliphatic hydroxyl groups is 1. The van der Waals surface area contributed by atoms with Crippen LogP contribution in [0.4, 0.5) is 17.5 Å². The fourth-order valence-electron chi connectivity index (χ4n) is 3.54. The van der Waals surface area contributed by atoms with E-state index < -0.39 is 0 Å². The van der Waals surface area contributed by atoms with Crippen LogP contribution in [0.5, 0.6) is 0 Å². The number of aromatic nitrogens is 3. The van der Waals surface area contributed by atoms with Crippen LogP contribution in [0.15, 0.2) is 54.7 Å². The smallest absolute Gasteiger partial charge is 0.224 e. The Morgan fingerprint density at radius 3 is 2.76 bits per heavy atom. The van der Waals surface area contributed by atoms with Gasteiger partial charge in [-0.3, -0.25) is 0 Å². The van der Waals surface area contributed by atoms with Crippen molar-refractivity contribution in [3.63, 3.8) is 0 Å². The highest BCUT2D eigenvalue weighted by atomic mass is 16.5. The Morgan fingerprint density at radius 1 is 1.03 bits per heavy atom. The van der Waals surface area contributed by atoms with E-state index in [9.17, 15) is 0 Å². The van der Waals surface area contributed by atoms with Crippen molar-refractivity contribution < 1.29 is 9.84 Å². The summed E-state index contributed by atoms with van der Waals surface area (Å²) in [5.41, 5.74) is 3.46. The molecule has 0 atom stereocenters. The van der Waals surface area contributed by atoms with Crippen molar-refractivity contribution in [3.8, 4) is 0 Å². The number of aryl methyl sites for hydroxylation is 1. The molecule has 150 valence electrons. The topological polar surface area (TPSA) is 84.2 Å². The molecule has 7 nitrogen and oxygen atoms in total. The van der Waals surface area contributed by atoms with E-state index in [0.29, 0.717) is 25.7 Å². The maximum Gasteiger partial charge on any atom is 0.224 e. The molecule has 29 heavy (non-hydrogen) atoms. The summed E-state index contributed by atoms with van der Waals surface area (Å²) >= 11 is 0. The van der Waals surface area contributed by atoms with E-state index in [1.807, 2.05) is 6.07 Å². The van der Waals surface area contributed by atoms with Gasteiger partial charge in [-0.15, -0.1) is 0 Å². The van der Waals surface area contributed by atoms with Crippen molar-refractivity contribution in [1.82, 2.24) is 14.5 Å². The van der Waals surface area contributed by atoms with Gasteiger partial charge in [-0.05, 0) is 37.3 Å². The quantitative estimate of drug-likeness (QED) is 0.377. The maximum absolute atomic E-state index is 8.72. The van der Waals surface area contributed by atoms with Gasteiger partial charge in [0.25, 0.3) is 0 Å². The van der Waals surface area contributed by atoms with Crippen molar-refractivity contribution in [2.45, 2.75) is 13.5 Å². The molecular weight excluding hydrogens is 366 g/mol. The molecule has 0 radical (unpaired) electrons. The molecule has 0 amide bonds. The van der Waals surface area contributed by atoms with Crippen molar-refractivity contribution in [3.05, 3.63) is 54.7 Å². The molecule has 0 spiro atoms. The Kier molecular flexibility index (Phi) is 5.88. The van der Waals surface area contributed by atoms with E-state index >= 15 is 0 Å². The summed E-state index contributed by atoms with van der Waals surface area (Å²) in [4.78, 5) is 8.74. The zero-order chi connectivity index (χ0) is 20.1. The minimum atomic E-state index is 0.0250. The van der Waals surface area contributed by atoms with Crippen LogP contribution >= 0.6 is 0 Å². The predicted octanol–water partition coefficient (Wildman–Crippen LogP) is 3.77. The average Bonchev–Trinajstić information content (AvgIpc) is 3.07. The average molecular weight is 391 g/mol. The first-order chi connectivity index (χ1) is 14.3. The first-order valence-electron chi connectivity index (χ1n) is 9.83. The number of hydrogen-bond donors (Lipinski definition) is 3. The number of nitrogens with zero attached hydrogens (tertiary/aromatic N) is 3. The van der Waals surface area contributed by atoms with E-state index in [2.05, 4.69) is 74.6 Å². The molecule has 3 N–H and O–H groups in total. The maximum atomic E-state index is 8.72. The Morgan fingerprint density at radius 2 is 1.90 bits per heavy atom. The van der Waals surface area contributed by atoms with E-state index in [1.54, 1.807) is 6.20 Å². The van der Waals surface area contributed by atoms with Gasteiger partial charge in [0, 0.05) is 46.8 Å². The van der Waals surface area contributed by atoms with Crippen LogP contribution in [0.3, 0.4) is 0 Å². The second-order valence-corrected chi connectivity index (χ2v) is 6.65. The monoisotopic (exact) mass is 391 g/mol. The minimum Gasteiger partial charge on any atom is -0.394 e. The predicted molar refractivity (Wildman–Crippen MR) is 117 cm³/mol. The molecule has 4 aromatic rings. The number of benzene rings is 2. The van der Waals surface area contributed by atoms with E-state index in [-0.39, 0.29) is 6.61 Å². The number of anilines is 3. The lowest BCUT2D eigenvalue weighted by molar-refractivity contribution is 0.0991. The van der Waals surface area contributed by atoms with Crippen LogP contribution in [0.1, 0.15) is 6.92 Å². The van der Waals surface area contributed by atoms with Crippen LogP contribution < -0.4 is 10.6 Å². The molecule has 7 heteroatoms. The molecule has 2 aromatic heterocycles. The Hall–Kier alpha value is -3.16. The standard InChI is InChI=1S/C22H25N5O2/c1-2-27-19-6-4-3-5-17(19)18-15-16(7-8-20(18)27)25-21-9-10-23-22(26-21)24-11-13-29-14-12-28/h3-10,15,28H,2,11-14H2,1H3,(H2,23,24,25,26). The third-order valence-corrected chi connectivity index (χ3v) is 4.78. The lowest BCUT2D eigenvalue weighted by Gasteiger charge is -2.09. The molecule has 0 saturated carbocycles. The summed E-state index contributed by atoms with van der Waals surface area (Å²) in [5, 5.41) is 17.7. The van der Waals surface area contributed by atoms with E-state index in [4.69, 9.17) is 9.84 Å². The molecule has 0 saturated heterocycles. The molecule has 0 aliphatic heterocycles. The van der Waals surface area contributed by atoms with Crippen LogP contribution in [0.2, 0.25) is 0 Å². The Bertz CT molecular complexity index is 1110. The van der Waals surface area contributed by atoms with Gasteiger partial charge in [0.1, 0.15) is 5.82 Å². The molecular formula is C22H25N5O2. The summed E-state index contributed by atoms with van der Waals surface area (Å²) in [6.07, 6.45) is 1.72. The van der Waals surface area contributed by atoms with Crippen molar-refractivity contribution in [1.29, 1.82) is 0 Å². The van der Waals surface area contributed by atoms with Gasteiger partial charge in [-0.25, -0.2) is 4.98 Å². The second kappa shape index (κ2) is 8.89. The third-order valence-electron chi connectivity index (χ3n) is 4.78. The minimum absolute atomic E-state index is 0.0250. The number of aliphatic hydroxyl groups excluding tert-OH is 1. The van der Waals surface area contributed by atoms with Crippen LogP contribution in [-0.2, 0) is 11.3 Å². The lowest BCUT2D eigenvalue weighted by atomic mass is 10.1. The fraction of sp³-hybridized carbons (Fsp3) is 0.273. The number of hydrogen-bond acceptors (Lipinski definition) is 6. The molecule has 0 fully saturated rings. The van der Waals surface area contributed by atoms with Gasteiger partial charge in [0.05, 0.1) is 19.8 Å². The Labute approximate surface area is 169 Å². The molecule has 0 bridgehead atoms. The third kappa shape index (κ3) is 4.16. The van der Waals surface area contributed by atoms with Gasteiger partial charge in [0.15, 0.2) is 0 Å². The molecule has 4 rings (SSSR count).